The molecule has 4 nitrogen and oxygen atoms in total. The van der Waals surface area contributed by atoms with Crippen LogP contribution in [0.1, 0.15) is 16.7 Å². The molecule has 2 aromatic rings. The van der Waals surface area contributed by atoms with Gasteiger partial charge in [0.2, 0.25) is 6.79 Å². The Kier molecular flexibility index (Phi) is 3.52. The minimum Gasteiger partial charge on any atom is -0.496 e. The number of hydrogen-bond donors (Lipinski definition) is 0. The van der Waals surface area contributed by atoms with Crippen LogP contribution in [0.4, 0.5) is 5.69 Å². The number of methoxy groups -OCH3 is 1. The lowest BCUT2D eigenvalue weighted by atomic mass is 10.1. The van der Waals surface area contributed by atoms with Crippen LogP contribution in [-0.4, -0.2) is 20.1 Å². The van der Waals surface area contributed by atoms with Crippen molar-refractivity contribution in [1.82, 2.24) is 0 Å². The predicted molar refractivity (Wildman–Crippen MR) is 82.3 cm³/mol. The summed E-state index contributed by atoms with van der Waals surface area (Å²) in [5, 5.41) is 0. The fourth-order valence-corrected chi connectivity index (χ4v) is 2.31. The first kappa shape index (κ1) is 13.5. The minimum absolute atomic E-state index is 0.246. The zero-order chi connectivity index (χ0) is 14.8. The van der Waals surface area contributed by atoms with Gasteiger partial charge in [-0.1, -0.05) is 17.7 Å². The molecule has 0 aromatic heterocycles. The fourth-order valence-electron chi connectivity index (χ4n) is 2.31. The van der Waals surface area contributed by atoms with Crippen LogP contribution in [0.15, 0.2) is 35.3 Å². The van der Waals surface area contributed by atoms with Crippen LogP contribution in [-0.2, 0) is 0 Å². The van der Waals surface area contributed by atoms with Crippen LogP contribution < -0.4 is 14.2 Å². The summed E-state index contributed by atoms with van der Waals surface area (Å²) in [6.45, 7) is 4.37. The van der Waals surface area contributed by atoms with Crippen LogP contribution in [0.25, 0.3) is 0 Å². The van der Waals surface area contributed by atoms with Gasteiger partial charge in [0, 0.05) is 17.8 Å². The Morgan fingerprint density at radius 3 is 2.57 bits per heavy atom. The van der Waals surface area contributed by atoms with Gasteiger partial charge < -0.3 is 14.2 Å². The van der Waals surface area contributed by atoms with Crippen molar-refractivity contribution in [2.24, 2.45) is 4.99 Å². The number of fused-ring (bicyclic) bond motifs is 1. The van der Waals surface area contributed by atoms with Gasteiger partial charge in [0.25, 0.3) is 0 Å². The molecule has 0 amide bonds. The maximum absolute atomic E-state index is 5.39. The third-order valence-electron chi connectivity index (χ3n) is 3.42. The molecule has 108 valence electrons. The van der Waals surface area contributed by atoms with E-state index in [1.165, 1.54) is 5.56 Å². The Bertz CT molecular complexity index is 707. The van der Waals surface area contributed by atoms with Gasteiger partial charge in [-0.3, -0.25) is 4.99 Å². The first-order chi connectivity index (χ1) is 10.2. The molecule has 0 radical (unpaired) electrons. The lowest BCUT2D eigenvalue weighted by Crippen LogP contribution is -1.92. The zero-order valence-corrected chi connectivity index (χ0v) is 12.3. The van der Waals surface area contributed by atoms with E-state index in [2.05, 4.69) is 31.0 Å². The molecule has 0 fully saturated rings. The Labute approximate surface area is 124 Å². The van der Waals surface area contributed by atoms with Crippen LogP contribution >= 0.6 is 0 Å². The van der Waals surface area contributed by atoms with Gasteiger partial charge >= 0.3 is 0 Å². The smallest absolute Gasteiger partial charge is 0.231 e. The summed E-state index contributed by atoms with van der Waals surface area (Å²) in [6, 6.07) is 9.89. The molecule has 0 saturated carbocycles. The number of benzene rings is 2. The lowest BCUT2D eigenvalue weighted by molar-refractivity contribution is 0.174. The normalized spacial score (nSPS) is 12.9. The molecule has 2 aromatic carbocycles. The van der Waals surface area contributed by atoms with Crippen LogP contribution in [0.2, 0.25) is 0 Å². The molecule has 21 heavy (non-hydrogen) atoms. The highest BCUT2D eigenvalue weighted by molar-refractivity contribution is 5.87. The van der Waals surface area contributed by atoms with Gasteiger partial charge in [-0.05, 0) is 31.5 Å². The number of aliphatic imine (C=N–C) groups is 1. The Morgan fingerprint density at radius 2 is 1.86 bits per heavy atom. The van der Waals surface area contributed by atoms with E-state index in [0.717, 1.165) is 22.6 Å². The van der Waals surface area contributed by atoms with Crippen LogP contribution in [0.3, 0.4) is 0 Å². The van der Waals surface area contributed by atoms with E-state index in [-0.39, 0.29) is 6.79 Å². The average molecular weight is 283 g/mol. The number of nitrogens with zero attached hydrogens (tertiary/aromatic N) is 1. The number of hydrogen-bond acceptors (Lipinski definition) is 4. The van der Waals surface area contributed by atoms with E-state index >= 15 is 0 Å². The van der Waals surface area contributed by atoms with Gasteiger partial charge in [-0.25, -0.2) is 0 Å². The second-order valence-corrected chi connectivity index (χ2v) is 5.00. The standard InChI is InChI=1S/C17H17NO3/c1-11-4-5-14(12(2)6-11)18-9-13-7-16-17(21-10-20-16)8-15(13)19-3/h4-9H,10H2,1-3H3. The highest BCUT2D eigenvalue weighted by Gasteiger charge is 2.16. The molecule has 0 spiro atoms. The van der Waals surface area contributed by atoms with Crippen molar-refractivity contribution in [1.29, 1.82) is 0 Å². The maximum atomic E-state index is 5.39. The molecule has 0 aliphatic carbocycles. The van der Waals surface area contributed by atoms with Crippen molar-refractivity contribution < 1.29 is 14.2 Å². The SMILES string of the molecule is COc1cc2c(cc1C=Nc1ccc(C)cc1C)OCO2. The number of aryl methyl sites for hydroxylation is 2. The van der Waals surface area contributed by atoms with Crippen molar-refractivity contribution in [2.45, 2.75) is 13.8 Å². The van der Waals surface area contributed by atoms with Crippen molar-refractivity contribution in [3.8, 4) is 17.2 Å². The zero-order valence-electron chi connectivity index (χ0n) is 12.3. The van der Waals surface area contributed by atoms with Crippen molar-refractivity contribution >= 4 is 11.9 Å². The third-order valence-corrected chi connectivity index (χ3v) is 3.42. The summed E-state index contributed by atoms with van der Waals surface area (Å²) >= 11 is 0. The molecule has 1 aliphatic rings. The van der Waals surface area contributed by atoms with Crippen molar-refractivity contribution in [3.63, 3.8) is 0 Å². The highest BCUT2D eigenvalue weighted by Crippen LogP contribution is 2.37. The molecule has 3 rings (SSSR count). The molecular formula is C17H17NO3. The molecule has 0 atom stereocenters. The molecule has 0 bridgehead atoms. The summed E-state index contributed by atoms with van der Waals surface area (Å²) in [4.78, 5) is 4.55. The molecule has 0 saturated heterocycles. The quantitative estimate of drug-likeness (QED) is 0.805. The maximum Gasteiger partial charge on any atom is 0.231 e. The Morgan fingerprint density at radius 1 is 1.10 bits per heavy atom. The molecular weight excluding hydrogens is 266 g/mol. The molecule has 1 heterocycles. The summed E-state index contributed by atoms with van der Waals surface area (Å²) < 4.78 is 16.1. The van der Waals surface area contributed by atoms with Gasteiger partial charge in [-0.2, -0.15) is 0 Å². The summed E-state index contributed by atoms with van der Waals surface area (Å²) in [6.07, 6.45) is 1.79. The number of ether oxygens (including phenoxy) is 3. The van der Waals surface area contributed by atoms with Gasteiger partial charge in [-0.15, -0.1) is 0 Å². The number of rotatable bonds is 3. The first-order valence-electron chi connectivity index (χ1n) is 6.76. The van der Waals surface area contributed by atoms with E-state index in [4.69, 9.17) is 14.2 Å². The van der Waals surface area contributed by atoms with Gasteiger partial charge in [0.1, 0.15) is 5.75 Å². The van der Waals surface area contributed by atoms with E-state index in [1.807, 2.05) is 18.2 Å². The topological polar surface area (TPSA) is 40.0 Å². The monoisotopic (exact) mass is 283 g/mol. The predicted octanol–water partition coefficient (Wildman–Crippen LogP) is 3.79. The van der Waals surface area contributed by atoms with E-state index in [1.54, 1.807) is 13.3 Å². The summed E-state index contributed by atoms with van der Waals surface area (Å²) in [5.41, 5.74) is 4.18. The lowest BCUT2D eigenvalue weighted by Gasteiger charge is -2.06. The van der Waals surface area contributed by atoms with Crippen molar-refractivity contribution in [3.05, 3.63) is 47.0 Å². The van der Waals surface area contributed by atoms with E-state index < -0.39 is 0 Å². The summed E-state index contributed by atoms with van der Waals surface area (Å²) in [7, 11) is 1.63. The summed E-state index contributed by atoms with van der Waals surface area (Å²) in [5.74, 6) is 2.14. The van der Waals surface area contributed by atoms with E-state index in [9.17, 15) is 0 Å². The Hall–Kier alpha value is -2.49. The third kappa shape index (κ3) is 2.70. The van der Waals surface area contributed by atoms with E-state index in [0.29, 0.717) is 11.5 Å². The molecule has 0 unspecified atom stereocenters. The van der Waals surface area contributed by atoms with Crippen LogP contribution in [0, 0.1) is 13.8 Å². The molecule has 0 N–H and O–H groups in total. The Balaban J connectivity index is 1.95. The van der Waals surface area contributed by atoms with Crippen LogP contribution in [0.5, 0.6) is 17.2 Å². The molecule has 4 heteroatoms. The highest BCUT2D eigenvalue weighted by atomic mass is 16.7. The average Bonchev–Trinajstić information content (AvgIpc) is 2.92. The fraction of sp³-hybridized carbons (Fsp3) is 0.235. The van der Waals surface area contributed by atoms with Gasteiger partial charge in [0.05, 0.1) is 12.8 Å². The molecule has 1 aliphatic heterocycles. The van der Waals surface area contributed by atoms with Crippen molar-refractivity contribution in [2.75, 3.05) is 13.9 Å². The second kappa shape index (κ2) is 5.48. The largest absolute Gasteiger partial charge is 0.496 e. The van der Waals surface area contributed by atoms with Gasteiger partial charge in [0.15, 0.2) is 11.5 Å². The second-order valence-electron chi connectivity index (χ2n) is 5.00. The minimum atomic E-state index is 0.246. The first-order valence-corrected chi connectivity index (χ1v) is 6.76.